The highest BCUT2D eigenvalue weighted by Gasteiger charge is 2.26. The van der Waals surface area contributed by atoms with Gasteiger partial charge in [-0.25, -0.2) is 0 Å². The Labute approximate surface area is 129 Å². The van der Waals surface area contributed by atoms with Crippen LogP contribution in [0, 0.1) is 0 Å². The van der Waals surface area contributed by atoms with Crippen molar-refractivity contribution in [2.75, 3.05) is 6.54 Å². The fraction of sp³-hybridized carbons (Fsp3) is 0.353. The SMILES string of the molecule is CC(Cc1cccs1)NC(=O)C1CNCc2ccccc21. The van der Waals surface area contributed by atoms with Crippen molar-refractivity contribution in [2.24, 2.45) is 0 Å². The molecule has 1 amide bonds. The number of hydrogen-bond donors (Lipinski definition) is 2. The molecule has 110 valence electrons. The van der Waals surface area contributed by atoms with Crippen molar-refractivity contribution in [3.05, 3.63) is 57.8 Å². The van der Waals surface area contributed by atoms with Crippen molar-refractivity contribution in [3.8, 4) is 0 Å². The number of amides is 1. The van der Waals surface area contributed by atoms with E-state index in [4.69, 9.17) is 0 Å². The van der Waals surface area contributed by atoms with Gasteiger partial charge in [-0.15, -0.1) is 11.3 Å². The number of hydrogen-bond acceptors (Lipinski definition) is 3. The Kier molecular flexibility index (Phi) is 4.36. The maximum Gasteiger partial charge on any atom is 0.229 e. The number of benzene rings is 1. The largest absolute Gasteiger partial charge is 0.353 e. The predicted octanol–water partition coefficient (Wildman–Crippen LogP) is 2.68. The number of carbonyl (C=O) groups excluding carboxylic acids is 1. The van der Waals surface area contributed by atoms with Crippen LogP contribution in [0.5, 0.6) is 0 Å². The summed E-state index contributed by atoms with van der Waals surface area (Å²) in [4.78, 5) is 13.9. The van der Waals surface area contributed by atoms with Crippen LogP contribution in [0.1, 0.15) is 28.8 Å². The Morgan fingerprint density at radius 2 is 2.24 bits per heavy atom. The summed E-state index contributed by atoms with van der Waals surface area (Å²) in [5, 5.41) is 8.56. The fourth-order valence-electron chi connectivity index (χ4n) is 2.86. The molecule has 4 heteroatoms. The lowest BCUT2D eigenvalue weighted by molar-refractivity contribution is -0.123. The molecule has 3 nitrogen and oxygen atoms in total. The lowest BCUT2D eigenvalue weighted by atomic mass is 9.90. The third-order valence-corrected chi connectivity index (χ3v) is 4.79. The van der Waals surface area contributed by atoms with Gasteiger partial charge in [-0.05, 0) is 29.5 Å². The Balaban J connectivity index is 1.66. The van der Waals surface area contributed by atoms with E-state index in [0.29, 0.717) is 6.54 Å². The monoisotopic (exact) mass is 300 g/mol. The smallest absolute Gasteiger partial charge is 0.229 e. The summed E-state index contributed by atoms with van der Waals surface area (Å²) in [6.45, 7) is 3.64. The molecule has 1 aliphatic heterocycles. The van der Waals surface area contributed by atoms with Crippen molar-refractivity contribution in [2.45, 2.75) is 31.8 Å². The van der Waals surface area contributed by atoms with Crippen LogP contribution >= 0.6 is 11.3 Å². The first-order valence-electron chi connectivity index (χ1n) is 7.35. The van der Waals surface area contributed by atoms with Crippen molar-refractivity contribution in [3.63, 3.8) is 0 Å². The van der Waals surface area contributed by atoms with Crippen molar-refractivity contribution in [1.82, 2.24) is 10.6 Å². The summed E-state index contributed by atoms with van der Waals surface area (Å²) < 4.78 is 0. The molecule has 1 aromatic heterocycles. The first-order chi connectivity index (χ1) is 10.2. The van der Waals surface area contributed by atoms with Crippen molar-refractivity contribution < 1.29 is 4.79 Å². The summed E-state index contributed by atoms with van der Waals surface area (Å²) in [7, 11) is 0. The summed E-state index contributed by atoms with van der Waals surface area (Å²) in [5.74, 6) is 0.0411. The van der Waals surface area contributed by atoms with Crippen LogP contribution in [0.25, 0.3) is 0 Å². The first-order valence-corrected chi connectivity index (χ1v) is 8.23. The van der Waals surface area contributed by atoms with E-state index in [1.54, 1.807) is 11.3 Å². The van der Waals surface area contributed by atoms with Crippen molar-refractivity contribution >= 4 is 17.2 Å². The molecule has 3 rings (SSSR count). The number of nitrogens with one attached hydrogen (secondary N) is 2. The van der Waals surface area contributed by atoms with Gasteiger partial charge >= 0.3 is 0 Å². The maximum atomic E-state index is 12.6. The van der Waals surface area contributed by atoms with Crippen LogP contribution in [-0.2, 0) is 17.8 Å². The summed E-state index contributed by atoms with van der Waals surface area (Å²) in [6, 6.07) is 12.5. The average Bonchev–Trinajstić information content (AvgIpc) is 2.99. The van der Waals surface area contributed by atoms with E-state index < -0.39 is 0 Å². The number of carbonyl (C=O) groups is 1. The summed E-state index contributed by atoms with van der Waals surface area (Å²) >= 11 is 1.74. The second-order valence-corrected chi connectivity index (χ2v) is 6.61. The van der Waals surface area contributed by atoms with E-state index >= 15 is 0 Å². The normalized spacial score (nSPS) is 18.8. The third-order valence-electron chi connectivity index (χ3n) is 3.89. The first kappa shape index (κ1) is 14.3. The molecule has 1 aliphatic rings. The molecule has 1 aromatic carbocycles. The van der Waals surface area contributed by atoms with E-state index in [9.17, 15) is 4.79 Å². The Morgan fingerprint density at radius 3 is 3.05 bits per heavy atom. The minimum Gasteiger partial charge on any atom is -0.353 e. The maximum absolute atomic E-state index is 12.6. The molecule has 0 bridgehead atoms. The molecule has 2 unspecified atom stereocenters. The van der Waals surface area contributed by atoms with Gasteiger partial charge < -0.3 is 10.6 Å². The second-order valence-electron chi connectivity index (χ2n) is 5.58. The molecular formula is C17H20N2OS. The highest BCUT2D eigenvalue weighted by molar-refractivity contribution is 7.09. The molecule has 2 aromatic rings. The molecule has 21 heavy (non-hydrogen) atoms. The van der Waals surface area contributed by atoms with Crippen LogP contribution in [0.3, 0.4) is 0 Å². The number of rotatable bonds is 4. The average molecular weight is 300 g/mol. The Morgan fingerprint density at radius 1 is 1.38 bits per heavy atom. The van der Waals surface area contributed by atoms with Gasteiger partial charge in [-0.3, -0.25) is 4.79 Å². The van der Waals surface area contributed by atoms with Crippen LogP contribution < -0.4 is 10.6 Å². The van der Waals surface area contributed by atoms with E-state index in [2.05, 4.69) is 47.2 Å². The number of thiophene rings is 1. The third kappa shape index (κ3) is 3.34. The Bertz CT molecular complexity index is 609. The minimum atomic E-state index is -0.0827. The van der Waals surface area contributed by atoms with Gasteiger partial charge in [0.2, 0.25) is 5.91 Å². The minimum absolute atomic E-state index is 0.0827. The van der Waals surface area contributed by atoms with Crippen LogP contribution in [-0.4, -0.2) is 18.5 Å². The fourth-order valence-corrected chi connectivity index (χ4v) is 3.69. The van der Waals surface area contributed by atoms with Gasteiger partial charge in [0, 0.05) is 30.4 Å². The van der Waals surface area contributed by atoms with Gasteiger partial charge in [-0.1, -0.05) is 30.3 Å². The van der Waals surface area contributed by atoms with Gasteiger partial charge in [0.1, 0.15) is 0 Å². The zero-order valence-corrected chi connectivity index (χ0v) is 13.0. The van der Waals surface area contributed by atoms with E-state index in [0.717, 1.165) is 18.5 Å². The molecule has 0 spiro atoms. The summed E-state index contributed by atoms with van der Waals surface area (Å²) in [6.07, 6.45) is 0.894. The van der Waals surface area contributed by atoms with E-state index in [1.807, 2.05) is 12.1 Å². The standard InChI is InChI=1S/C17H20N2OS/c1-12(9-14-6-4-8-21-14)19-17(20)16-11-18-10-13-5-2-3-7-15(13)16/h2-8,12,16,18H,9-11H2,1H3,(H,19,20). The van der Waals surface area contributed by atoms with Crippen molar-refractivity contribution in [1.29, 1.82) is 0 Å². The highest BCUT2D eigenvalue weighted by atomic mass is 32.1. The van der Waals surface area contributed by atoms with Crippen LogP contribution in [0.4, 0.5) is 0 Å². The van der Waals surface area contributed by atoms with E-state index in [1.165, 1.54) is 10.4 Å². The molecule has 0 radical (unpaired) electrons. The van der Waals surface area contributed by atoms with Crippen LogP contribution in [0.2, 0.25) is 0 Å². The molecular weight excluding hydrogens is 280 g/mol. The molecule has 2 heterocycles. The van der Waals surface area contributed by atoms with Crippen LogP contribution in [0.15, 0.2) is 41.8 Å². The zero-order valence-electron chi connectivity index (χ0n) is 12.1. The molecule has 0 saturated carbocycles. The second kappa shape index (κ2) is 6.41. The van der Waals surface area contributed by atoms with E-state index in [-0.39, 0.29) is 17.9 Å². The molecule has 0 aliphatic carbocycles. The molecule has 0 saturated heterocycles. The predicted molar refractivity (Wildman–Crippen MR) is 86.5 cm³/mol. The van der Waals surface area contributed by atoms with Gasteiger partial charge in [-0.2, -0.15) is 0 Å². The Hall–Kier alpha value is -1.65. The topological polar surface area (TPSA) is 41.1 Å². The van der Waals surface area contributed by atoms with Gasteiger partial charge in [0.25, 0.3) is 0 Å². The molecule has 2 atom stereocenters. The highest BCUT2D eigenvalue weighted by Crippen LogP contribution is 2.24. The lowest BCUT2D eigenvalue weighted by Crippen LogP contribution is -2.42. The zero-order chi connectivity index (χ0) is 14.7. The van der Waals surface area contributed by atoms with Gasteiger partial charge in [0.15, 0.2) is 0 Å². The van der Waals surface area contributed by atoms with Gasteiger partial charge in [0.05, 0.1) is 5.92 Å². The molecule has 0 fully saturated rings. The lowest BCUT2D eigenvalue weighted by Gasteiger charge is -2.26. The number of fused-ring (bicyclic) bond motifs is 1. The molecule has 2 N–H and O–H groups in total. The summed E-state index contributed by atoms with van der Waals surface area (Å²) in [5.41, 5.74) is 2.40. The quantitative estimate of drug-likeness (QED) is 0.911.